The molecule has 0 spiro atoms. The number of sulfonamides is 1. The first-order valence-electron chi connectivity index (χ1n) is 6.03. The van der Waals surface area contributed by atoms with Gasteiger partial charge in [0.05, 0.1) is 5.75 Å². The lowest BCUT2D eigenvalue weighted by Gasteiger charge is -2.21. The summed E-state index contributed by atoms with van der Waals surface area (Å²) in [5, 5.41) is 0.223. The molecule has 18 heavy (non-hydrogen) atoms. The Balaban J connectivity index is 1.98. The summed E-state index contributed by atoms with van der Waals surface area (Å²) in [5.74, 6) is 0.647. The molecule has 1 aromatic rings. The molecular formula is C11H16ClN3O2S. The van der Waals surface area contributed by atoms with Gasteiger partial charge in [-0.15, -0.1) is 0 Å². The molecule has 100 valence electrons. The molecular weight excluding hydrogens is 274 g/mol. The molecule has 2 rings (SSSR count). The Hall–Kier alpha value is -0.880. The van der Waals surface area contributed by atoms with Crippen molar-refractivity contribution in [3.8, 4) is 0 Å². The molecule has 0 radical (unpaired) electrons. The summed E-state index contributed by atoms with van der Waals surface area (Å²) in [4.78, 5) is 7.54. The van der Waals surface area contributed by atoms with E-state index in [2.05, 4.69) is 14.7 Å². The second-order valence-electron chi connectivity index (χ2n) is 4.61. The van der Waals surface area contributed by atoms with Crippen LogP contribution < -0.4 is 4.72 Å². The molecule has 1 aromatic heterocycles. The summed E-state index contributed by atoms with van der Waals surface area (Å²) in [6, 6.07) is 1.40. The van der Waals surface area contributed by atoms with Gasteiger partial charge >= 0.3 is 0 Å². The van der Waals surface area contributed by atoms with Crippen molar-refractivity contribution in [2.75, 3.05) is 10.5 Å². The Morgan fingerprint density at radius 3 is 2.67 bits per heavy atom. The van der Waals surface area contributed by atoms with Crippen LogP contribution in [0.1, 0.15) is 32.1 Å². The summed E-state index contributed by atoms with van der Waals surface area (Å²) in [6.45, 7) is 0. The second kappa shape index (κ2) is 5.84. The van der Waals surface area contributed by atoms with Crippen molar-refractivity contribution < 1.29 is 8.42 Å². The molecule has 0 atom stereocenters. The zero-order chi connectivity index (χ0) is 13.0. The first-order chi connectivity index (χ1) is 8.55. The van der Waals surface area contributed by atoms with E-state index in [1.54, 1.807) is 0 Å². The normalized spacial score (nSPS) is 17.6. The minimum absolute atomic E-state index is 0.161. The molecule has 1 fully saturated rings. The summed E-state index contributed by atoms with van der Waals surface area (Å²) in [5.41, 5.74) is 0. The summed E-state index contributed by atoms with van der Waals surface area (Å²) >= 11 is 5.68. The van der Waals surface area contributed by atoms with Crippen LogP contribution in [0, 0.1) is 5.92 Å². The largest absolute Gasteiger partial charge is 0.267 e. The fourth-order valence-corrected chi connectivity index (χ4v) is 3.87. The van der Waals surface area contributed by atoms with E-state index in [9.17, 15) is 8.42 Å². The third kappa shape index (κ3) is 4.10. The minimum atomic E-state index is -3.35. The summed E-state index contributed by atoms with van der Waals surface area (Å²) < 4.78 is 26.4. The number of aromatic nitrogens is 2. The maximum absolute atomic E-state index is 12.0. The van der Waals surface area contributed by atoms with Gasteiger partial charge in [0.1, 0.15) is 17.3 Å². The van der Waals surface area contributed by atoms with Gasteiger partial charge in [-0.1, -0.05) is 30.9 Å². The third-order valence-electron chi connectivity index (χ3n) is 3.07. The van der Waals surface area contributed by atoms with Crippen LogP contribution in [0.4, 0.5) is 5.82 Å². The number of rotatable bonds is 4. The zero-order valence-electron chi connectivity index (χ0n) is 9.97. The van der Waals surface area contributed by atoms with Crippen LogP contribution in [0.2, 0.25) is 5.15 Å². The lowest BCUT2D eigenvalue weighted by Crippen LogP contribution is -2.24. The average molecular weight is 290 g/mol. The van der Waals surface area contributed by atoms with Crippen molar-refractivity contribution in [2.24, 2.45) is 5.92 Å². The van der Waals surface area contributed by atoms with Gasteiger partial charge in [-0.3, -0.25) is 4.72 Å². The van der Waals surface area contributed by atoms with Crippen LogP contribution in [0.15, 0.2) is 12.4 Å². The van der Waals surface area contributed by atoms with E-state index < -0.39 is 10.0 Å². The van der Waals surface area contributed by atoms with Crippen LogP contribution in [-0.2, 0) is 10.0 Å². The van der Waals surface area contributed by atoms with Crippen LogP contribution in [-0.4, -0.2) is 24.1 Å². The maximum atomic E-state index is 12.0. The van der Waals surface area contributed by atoms with Crippen molar-refractivity contribution in [3.63, 3.8) is 0 Å². The van der Waals surface area contributed by atoms with E-state index in [1.807, 2.05) is 0 Å². The van der Waals surface area contributed by atoms with E-state index >= 15 is 0 Å². The molecule has 0 unspecified atom stereocenters. The third-order valence-corrected chi connectivity index (χ3v) is 4.71. The smallest absolute Gasteiger partial charge is 0.234 e. The van der Waals surface area contributed by atoms with Crippen molar-refractivity contribution in [3.05, 3.63) is 17.5 Å². The van der Waals surface area contributed by atoms with E-state index in [0.717, 1.165) is 25.7 Å². The molecule has 0 saturated heterocycles. The van der Waals surface area contributed by atoms with Gasteiger partial charge in [0, 0.05) is 6.07 Å². The standard InChI is InChI=1S/C11H16ClN3O2S/c12-10-6-11(14-8-13-10)15-18(16,17)7-9-4-2-1-3-5-9/h6,8-9H,1-5,7H2,(H,13,14,15). The monoisotopic (exact) mass is 289 g/mol. The quantitative estimate of drug-likeness (QED) is 0.864. The molecule has 1 aliphatic rings. The predicted molar refractivity (Wildman–Crippen MR) is 71.0 cm³/mol. The lowest BCUT2D eigenvalue weighted by molar-refractivity contribution is 0.385. The van der Waals surface area contributed by atoms with Crippen LogP contribution in [0.25, 0.3) is 0 Å². The van der Waals surface area contributed by atoms with E-state index in [0.29, 0.717) is 0 Å². The van der Waals surface area contributed by atoms with Crippen LogP contribution >= 0.6 is 11.6 Å². The fourth-order valence-electron chi connectivity index (χ4n) is 2.25. The highest BCUT2D eigenvalue weighted by atomic mass is 35.5. The van der Waals surface area contributed by atoms with Gasteiger partial charge in [0.15, 0.2) is 0 Å². The lowest BCUT2D eigenvalue weighted by atomic mass is 9.91. The van der Waals surface area contributed by atoms with Gasteiger partial charge in [0.25, 0.3) is 0 Å². The molecule has 1 aliphatic carbocycles. The molecule has 0 bridgehead atoms. The SMILES string of the molecule is O=S(=O)(CC1CCCCC1)Nc1cc(Cl)ncn1. The van der Waals surface area contributed by atoms with Gasteiger partial charge in [-0.2, -0.15) is 0 Å². The van der Waals surface area contributed by atoms with Crippen molar-refractivity contribution in [1.82, 2.24) is 9.97 Å². The fraction of sp³-hybridized carbons (Fsp3) is 0.636. The van der Waals surface area contributed by atoms with Crippen molar-refractivity contribution in [1.29, 1.82) is 0 Å². The van der Waals surface area contributed by atoms with E-state index in [-0.39, 0.29) is 22.6 Å². The Bertz CT molecular complexity index is 501. The van der Waals surface area contributed by atoms with E-state index in [1.165, 1.54) is 18.8 Å². The van der Waals surface area contributed by atoms with Crippen LogP contribution in [0.5, 0.6) is 0 Å². The average Bonchev–Trinajstić information content (AvgIpc) is 2.28. The minimum Gasteiger partial charge on any atom is -0.267 e. The van der Waals surface area contributed by atoms with E-state index in [4.69, 9.17) is 11.6 Å². The van der Waals surface area contributed by atoms with Gasteiger partial charge < -0.3 is 0 Å². The second-order valence-corrected chi connectivity index (χ2v) is 6.77. The molecule has 0 amide bonds. The summed E-state index contributed by atoms with van der Waals surface area (Å²) in [7, 11) is -3.35. The van der Waals surface area contributed by atoms with Crippen molar-refractivity contribution >= 4 is 27.4 Å². The highest BCUT2D eigenvalue weighted by molar-refractivity contribution is 7.92. The van der Waals surface area contributed by atoms with Crippen molar-refractivity contribution in [2.45, 2.75) is 32.1 Å². The number of anilines is 1. The summed E-state index contributed by atoms with van der Waals surface area (Å²) in [6.07, 6.45) is 6.68. The van der Waals surface area contributed by atoms with Gasteiger partial charge in [0.2, 0.25) is 10.0 Å². The predicted octanol–water partition coefficient (Wildman–Crippen LogP) is 2.45. The highest BCUT2D eigenvalue weighted by Gasteiger charge is 2.21. The highest BCUT2D eigenvalue weighted by Crippen LogP contribution is 2.25. The topological polar surface area (TPSA) is 72.0 Å². The van der Waals surface area contributed by atoms with Gasteiger partial charge in [-0.25, -0.2) is 18.4 Å². The molecule has 0 aliphatic heterocycles. The van der Waals surface area contributed by atoms with Crippen LogP contribution in [0.3, 0.4) is 0 Å². The first-order valence-corrected chi connectivity index (χ1v) is 8.06. The molecule has 7 heteroatoms. The Kier molecular flexibility index (Phi) is 4.40. The number of hydrogen-bond donors (Lipinski definition) is 1. The van der Waals surface area contributed by atoms with Gasteiger partial charge in [-0.05, 0) is 18.8 Å². The Morgan fingerprint density at radius 2 is 2.00 bits per heavy atom. The molecule has 0 aromatic carbocycles. The number of nitrogens with zero attached hydrogens (tertiary/aromatic N) is 2. The first kappa shape index (κ1) is 13.5. The molecule has 1 heterocycles. The zero-order valence-corrected chi connectivity index (χ0v) is 11.5. The molecule has 1 N–H and O–H groups in total. The number of nitrogens with one attached hydrogen (secondary N) is 1. The molecule has 5 nitrogen and oxygen atoms in total. The molecule has 1 saturated carbocycles. The maximum Gasteiger partial charge on any atom is 0.234 e. The Labute approximate surface area is 112 Å². The Morgan fingerprint density at radius 1 is 1.28 bits per heavy atom. The number of hydrogen-bond acceptors (Lipinski definition) is 4. The number of halogens is 1.